The van der Waals surface area contributed by atoms with E-state index in [1.165, 1.54) is 13.8 Å². The summed E-state index contributed by atoms with van der Waals surface area (Å²) < 4.78 is 19.4. The molecule has 0 fully saturated rings. The highest BCUT2D eigenvalue weighted by Gasteiger charge is 2.29. The molecule has 0 aliphatic carbocycles. The lowest BCUT2D eigenvalue weighted by atomic mass is 10.0. The Morgan fingerprint density at radius 1 is 1.55 bits per heavy atom. The first kappa shape index (κ1) is 16.6. The van der Waals surface area contributed by atoms with Gasteiger partial charge in [0.05, 0.1) is 6.61 Å². The molecule has 1 heterocycles. The topological polar surface area (TPSA) is 75.5 Å². The van der Waals surface area contributed by atoms with E-state index in [1.807, 2.05) is 6.92 Å². The smallest absolute Gasteiger partial charge is 0.430 e. The normalized spacial score (nSPS) is 11.3. The van der Waals surface area contributed by atoms with E-state index in [2.05, 4.69) is 9.97 Å². The number of halogens is 2. The van der Waals surface area contributed by atoms with Crippen molar-refractivity contribution in [1.82, 2.24) is 9.97 Å². The molecule has 112 valence electrons. The Morgan fingerprint density at radius 2 is 2.20 bits per heavy atom. The molecule has 0 radical (unpaired) electrons. The molecule has 0 aromatic carbocycles. The number of carbonyl (C=O) groups excluding carboxylic acids is 1. The average Bonchev–Trinajstić information content (AvgIpc) is 2.37. The molecule has 1 aromatic heterocycles. The number of hydrogen-bond donors (Lipinski definition) is 1. The summed E-state index contributed by atoms with van der Waals surface area (Å²) >= 11 is 5.71. The van der Waals surface area contributed by atoms with Gasteiger partial charge in [-0.15, -0.1) is 0 Å². The maximum atomic E-state index is 14.1. The number of amides is 1. The molecular weight excluding hydrogens is 289 g/mol. The molecule has 8 heteroatoms. The molecule has 0 saturated carbocycles. The van der Waals surface area contributed by atoms with Gasteiger partial charge in [0, 0.05) is 11.8 Å². The largest absolute Gasteiger partial charge is 0.448 e. The van der Waals surface area contributed by atoms with Crippen molar-refractivity contribution in [3.05, 3.63) is 17.8 Å². The van der Waals surface area contributed by atoms with E-state index >= 15 is 0 Å². The van der Waals surface area contributed by atoms with Gasteiger partial charge in [-0.05, 0) is 20.3 Å². The van der Waals surface area contributed by atoms with Crippen LogP contribution in [0.5, 0.6) is 0 Å². The maximum Gasteiger partial charge on any atom is 0.430 e. The highest BCUT2D eigenvalue weighted by atomic mass is 35.5. The van der Waals surface area contributed by atoms with Gasteiger partial charge in [-0.25, -0.2) is 19.2 Å². The highest BCUT2D eigenvalue weighted by molar-refractivity contribution is 6.35. The van der Waals surface area contributed by atoms with Gasteiger partial charge in [0.2, 0.25) is 0 Å². The molecule has 0 aliphatic rings. The van der Waals surface area contributed by atoms with Crippen LogP contribution in [0, 0.1) is 5.82 Å². The Hall–Kier alpha value is -1.47. The Balaban J connectivity index is 2.94. The number of carbonyl (C=O) groups is 1. The molecule has 0 saturated heterocycles. The molecule has 0 spiro atoms. The van der Waals surface area contributed by atoms with Crippen molar-refractivity contribution in [1.29, 1.82) is 0 Å². The SMILES string of the molecule is CCCCOC(=O)N(Cl)c1ncnc(C(C)(C)O)c1F. The zero-order valence-electron chi connectivity index (χ0n) is 11.6. The van der Waals surface area contributed by atoms with Crippen molar-refractivity contribution in [2.24, 2.45) is 0 Å². The Labute approximate surface area is 121 Å². The number of nitrogens with zero attached hydrogens (tertiary/aromatic N) is 3. The van der Waals surface area contributed by atoms with Gasteiger partial charge in [0.25, 0.3) is 0 Å². The van der Waals surface area contributed by atoms with E-state index in [4.69, 9.17) is 16.5 Å². The van der Waals surface area contributed by atoms with Gasteiger partial charge in [0.15, 0.2) is 11.6 Å². The minimum atomic E-state index is -1.52. The predicted molar refractivity (Wildman–Crippen MR) is 71.8 cm³/mol. The van der Waals surface area contributed by atoms with Gasteiger partial charge >= 0.3 is 6.09 Å². The van der Waals surface area contributed by atoms with Crippen LogP contribution in [0.4, 0.5) is 15.0 Å². The Morgan fingerprint density at radius 3 is 2.75 bits per heavy atom. The Bertz CT molecular complexity index is 480. The highest BCUT2D eigenvalue weighted by Crippen LogP contribution is 2.27. The van der Waals surface area contributed by atoms with E-state index < -0.39 is 23.3 Å². The minimum Gasteiger partial charge on any atom is -0.448 e. The van der Waals surface area contributed by atoms with Gasteiger partial charge in [-0.2, -0.15) is 4.42 Å². The summed E-state index contributed by atoms with van der Waals surface area (Å²) in [4.78, 5) is 18.9. The van der Waals surface area contributed by atoms with E-state index in [-0.39, 0.29) is 12.3 Å². The summed E-state index contributed by atoms with van der Waals surface area (Å²) in [6, 6.07) is 0. The lowest BCUT2D eigenvalue weighted by Gasteiger charge is -2.19. The third kappa shape index (κ3) is 4.01. The monoisotopic (exact) mass is 305 g/mol. The van der Waals surface area contributed by atoms with Gasteiger partial charge in [0.1, 0.15) is 17.6 Å². The predicted octanol–water partition coefficient (Wildman–Crippen LogP) is 2.74. The third-order valence-electron chi connectivity index (χ3n) is 2.42. The maximum absolute atomic E-state index is 14.1. The molecule has 1 N–H and O–H groups in total. The van der Waals surface area contributed by atoms with Crippen molar-refractivity contribution in [3.8, 4) is 0 Å². The van der Waals surface area contributed by atoms with Crippen LogP contribution in [0.3, 0.4) is 0 Å². The number of aliphatic hydroxyl groups is 1. The van der Waals surface area contributed by atoms with E-state index in [9.17, 15) is 14.3 Å². The third-order valence-corrected chi connectivity index (χ3v) is 2.72. The number of unbranched alkanes of at least 4 members (excludes halogenated alkanes) is 1. The molecule has 1 aromatic rings. The first-order valence-electron chi connectivity index (χ1n) is 6.15. The van der Waals surface area contributed by atoms with Crippen molar-refractivity contribution in [2.75, 3.05) is 11.0 Å². The zero-order valence-corrected chi connectivity index (χ0v) is 12.3. The molecule has 6 nitrogen and oxygen atoms in total. The van der Waals surface area contributed by atoms with Gasteiger partial charge in [-0.1, -0.05) is 13.3 Å². The fourth-order valence-corrected chi connectivity index (χ4v) is 1.54. The molecule has 1 rings (SSSR count). The van der Waals surface area contributed by atoms with Crippen LogP contribution >= 0.6 is 11.8 Å². The summed E-state index contributed by atoms with van der Waals surface area (Å²) in [7, 11) is 0. The lowest BCUT2D eigenvalue weighted by molar-refractivity contribution is 0.0692. The molecular formula is C12H17ClFN3O3. The molecule has 0 unspecified atom stereocenters. The first-order valence-corrected chi connectivity index (χ1v) is 6.48. The van der Waals surface area contributed by atoms with Crippen molar-refractivity contribution < 1.29 is 19.0 Å². The Kier molecular flexibility index (Phi) is 5.64. The summed E-state index contributed by atoms with van der Waals surface area (Å²) in [6.07, 6.45) is 1.61. The lowest BCUT2D eigenvalue weighted by Crippen LogP contribution is -2.27. The van der Waals surface area contributed by atoms with Crippen LogP contribution in [0.1, 0.15) is 39.3 Å². The quantitative estimate of drug-likeness (QED) is 0.668. The molecule has 0 aliphatic heterocycles. The van der Waals surface area contributed by atoms with E-state index in [0.29, 0.717) is 10.8 Å². The second kappa shape index (κ2) is 6.81. The standard InChI is InChI=1S/C12H17ClFN3O3/c1-4-5-6-20-11(18)17(13)10-8(14)9(12(2,3)19)15-7-16-10/h7,19H,4-6H2,1-3H3. The number of rotatable bonds is 5. The van der Waals surface area contributed by atoms with Crippen LogP contribution in [0.15, 0.2) is 6.33 Å². The first-order chi connectivity index (χ1) is 9.29. The van der Waals surface area contributed by atoms with Crippen LogP contribution in [-0.2, 0) is 10.3 Å². The summed E-state index contributed by atoms with van der Waals surface area (Å²) in [6.45, 7) is 4.84. The second-order valence-electron chi connectivity index (χ2n) is 4.67. The number of hydrogen-bond acceptors (Lipinski definition) is 5. The van der Waals surface area contributed by atoms with Crippen molar-refractivity contribution in [3.63, 3.8) is 0 Å². The number of anilines is 1. The number of aromatic nitrogens is 2. The van der Waals surface area contributed by atoms with Crippen molar-refractivity contribution >= 4 is 23.7 Å². The fraction of sp³-hybridized carbons (Fsp3) is 0.583. The van der Waals surface area contributed by atoms with Crippen LogP contribution in [0.25, 0.3) is 0 Å². The summed E-state index contributed by atoms with van der Waals surface area (Å²) in [5, 5.41) is 9.78. The van der Waals surface area contributed by atoms with E-state index in [1.54, 1.807) is 0 Å². The zero-order chi connectivity index (χ0) is 15.3. The average molecular weight is 306 g/mol. The van der Waals surface area contributed by atoms with Crippen LogP contribution in [0.2, 0.25) is 0 Å². The number of ether oxygens (including phenoxy) is 1. The van der Waals surface area contributed by atoms with Gasteiger partial charge in [-0.3, -0.25) is 0 Å². The van der Waals surface area contributed by atoms with Crippen LogP contribution < -0.4 is 4.42 Å². The second-order valence-corrected chi connectivity index (χ2v) is 5.01. The minimum absolute atomic E-state index is 0.184. The molecule has 1 amide bonds. The van der Waals surface area contributed by atoms with Gasteiger partial charge < -0.3 is 9.84 Å². The molecule has 0 bridgehead atoms. The molecule has 0 atom stereocenters. The molecule has 20 heavy (non-hydrogen) atoms. The van der Waals surface area contributed by atoms with E-state index in [0.717, 1.165) is 12.7 Å². The fourth-order valence-electron chi connectivity index (χ4n) is 1.37. The van der Waals surface area contributed by atoms with Crippen LogP contribution in [-0.4, -0.2) is 27.8 Å². The van der Waals surface area contributed by atoms with Crippen molar-refractivity contribution in [2.45, 2.75) is 39.2 Å². The summed E-state index contributed by atoms with van der Waals surface area (Å²) in [5.74, 6) is -1.43. The summed E-state index contributed by atoms with van der Waals surface area (Å²) in [5.41, 5.74) is -1.78.